The Balaban J connectivity index is 2.02. The van der Waals surface area contributed by atoms with Crippen LogP contribution < -0.4 is 5.73 Å². The zero-order valence-corrected chi connectivity index (χ0v) is 12.8. The highest BCUT2D eigenvalue weighted by atomic mass is 32.1. The zero-order chi connectivity index (χ0) is 14.0. The van der Waals surface area contributed by atoms with Gasteiger partial charge in [0.2, 0.25) is 5.91 Å². The van der Waals surface area contributed by atoms with Gasteiger partial charge in [0.05, 0.1) is 17.5 Å². The summed E-state index contributed by atoms with van der Waals surface area (Å²) in [6.45, 7) is 4.63. The Labute approximate surface area is 119 Å². The van der Waals surface area contributed by atoms with Gasteiger partial charge < -0.3 is 10.6 Å². The molecule has 19 heavy (non-hydrogen) atoms. The minimum atomic E-state index is -0.354. The second-order valence-corrected chi connectivity index (χ2v) is 7.16. The van der Waals surface area contributed by atoms with E-state index in [0.717, 1.165) is 35.6 Å². The third-order valence-corrected chi connectivity index (χ3v) is 4.89. The van der Waals surface area contributed by atoms with Gasteiger partial charge in [-0.15, -0.1) is 11.3 Å². The van der Waals surface area contributed by atoms with E-state index < -0.39 is 0 Å². The van der Waals surface area contributed by atoms with Crippen LogP contribution in [0.2, 0.25) is 0 Å². The van der Waals surface area contributed by atoms with Crippen molar-refractivity contribution in [2.45, 2.75) is 51.6 Å². The molecule has 106 valence electrons. The molecule has 2 N–H and O–H groups in total. The fraction of sp³-hybridized carbons (Fsp3) is 0.714. The molecule has 2 rings (SSSR count). The molecule has 2 atom stereocenters. The second-order valence-electron chi connectivity index (χ2n) is 5.84. The van der Waals surface area contributed by atoms with Gasteiger partial charge in [0.1, 0.15) is 0 Å². The van der Waals surface area contributed by atoms with Gasteiger partial charge in [-0.1, -0.05) is 12.8 Å². The summed E-state index contributed by atoms with van der Waals surface area (Å²) >= 11 is 1.64. The van der Waals surface area contributed by atoms with Gasteiger partial charge in [-0.2, -0.15) is 0 Å². The van der Waals surface area contributed by atoms with E-state index in [1.54, 1.807) is 16.2 Å². The molecule has 0 bridgehead atoms. The summed E-state index contributed by atoms with van der Waals surface area (Å²) in [6.07, 6.45) is 5.95. The summed E-state index contributed by atoms with van der Waals surface area (Å²) in [5.41, 5.74) is 5.95. The number of hydrogen-bond donors (Lipinski definition) is 1. The van der Waals surface area contributed by atoms with Crippen LogP contribution in [0.5, 0.6) is 0 Å². The Morgan fingerprint density at radius 2 is 2.37 bits per heavy atom. The average Bonchev–Trinajstić information content (AvgIpc) is 2.73. The molecule has 1 fully saturated rings. The number of hydrogen-bond acceptors (Lipinski definition) is 4. The number of nitrogens with zero attached hydrogens (tertiary/aromatic N) is 2. The second kappa shape index (κ2) is 5.59. The highest BCUT2D eigenvalue weighted by Crippen LogP contribution is 2.33. The minimum absolute atomic E-state index is 0.0414. The number of aryl methyl sites for hydroxylation is 1. The van der Waals surface area contributed by atoms with Crippen LogP contribution in [0.25, 0.3) is 0 Å². The van der Waals surface area contributed by atoms with Crippen molar-refractivity contribution in [1.82, 2.24) is 9.88 Å². The number of amides is 1. The topological polar surface area (TPSA) is 59.2 Å². The van der Waals surface area contributed by atoms with E-state index in [0.29, 0.717) is 6.54 Å². The van der Waals surface area contributed by atoms with Crippen LogP contribution in [-0.4, -0.2) is 28.4 Å². The summed E-state index contributed by atoms with van der Waals surface area (Å²) < 4.78 is 0. The lowest BCUT2D eigenvalue weighted by Gasteiger charge is -2.39. The molecule has 0 saturated heterocycles. The standard InChI is InChI=1S/C14H23N3OS/c1-10-16-8-11(19-10)9-17(3)13(18)12-6-4-5-7-14(12,2)15/h8,12H,4-7,9,15H2,1-3H3. The van der Waals surface area contributed by atoms with Crippen molar-refractivity contribution in [3.63, 3.8) is 0 Å². The smallest absolute Gasteiger partial charge is 0.227 e. The number of carbonyl (C=O) groups excluding carboxylic acids is 1. The molecule has 1 aliphatic rings. The lowest BCUT2D eigenvalue weighted by molar-refractivity contribution is -0.138. The molecule has 1 saturated carbocycles. The predicted molar refractivity (Wildman–Crippen MR) is 77.9 cm³/mol. The molecule has 0 aromatic carbocycles. The lowest BCUT2D eigenvalue weighted by Crippen LogP contribution is -2.52. The van der Waals surface area contributed by atoms with Crippen molar-refractivity contribution < 1.29 is 4.79 Å². The first-order valence-electron chi connectivity index (χ1n) is 6.85. The number of carbonyl (C=O) groups is 1. The summed E-state index contributed by atoms with van der Waals surface area (Å²) in [5, 5.41) is 1.04. The summed E-state index contributed by atoms with van der Waals surface area (Å²) in [6, 6.07) is 0. The fourth-order valence-corrected chi connectivity index (χ4v) is 3.67. The molecule has 4 nitrogen and oxygen atoms in total. The van der Waals surface area contributed by atoms with Gasteiger partial charge in [0.25, 0.3) is 0 Å². The number of thiazole rings is 1. The Bertz CT molecular complexity index is 455. The van der Waals surface area contributed by atoms with Crippen LogP contribution in [0, 0.1) is 12.8 Å². The van der Waals surface area contributed by atoms with Gasteiger partial charge in [0, 0.05) is 23.7 Å². The van der Waals surface area contributed by atoms with Gasteiger partial charge >= 0.3 is 0 Å². The third-order valence-electron chi connectivity index (χ3n) is 3.99. The molecule has 2 unspecified atom stereocenters. The van der Waals surface area contributed by atoms with E-state index in [2.05, 4.69) is 4.98 Å². The van der Waals surface area contributed by atoms with Crippen LogP contribution >= 0.6 is 11.3 Å². The molecule has 0 aliphatic heterocycles. The first-order valence-corrected chi connectivity index (χ1v) is 7.67. The molecule has 1 heterocycles. The summed E-state index contributed by atoms with van der Waals surface area (Å²) in [4.78, 5) is 19.7. The molecule has 5 heteroatoms. The quantitative estimate of drug-likeness (QED) is 0.925. The maximum absolute atomic E-state index is 12.6. The Morgan fingerprint density at radius 3 is 2.95 bits per heavy atom. The van der Waals surface area contributed by atoms with E-state index in [-0.39, 0.29) is 17.4 Å². The van der Waals surface area contributed by atoms with E-state index in [4.69, 9.17) is 5.73 Å². The molecule has 0 radical (unpaired) electrons. The van der Waals surface area contributed by atoms with Crippen molar-refractivity contribution >= 4 is 17.2 Å². The Kier molecular flexibility index (Phi) is 4.26. The molecule has 0 spiro atoms. The van der Waals surface area contributed by atoms with Gasteiger partial charge in [-0.25, -0.2) is 4.98 Å². The maximum Gasteiger partial charge on any atom is 0.227 e. The molecular weight excluding hydrogens is 258 g/mol. The van der Waals surface area contributed by atoms with Crippen LogP contribution in [-0.2, 0) is 11.3 Å². The van der Waals surface area contributed by atoms with Crippen LogP contribution in [0.1, 0.15) is 42.5 Å². The molecule has 1 aromatic rings. The minimum Gasteiger partial charge on any atom is -0.340 e. The number of nitrogens with two attached hydrogens (primary N) is 1. The van der Waals surface area contributed by atoms with E-state index >= 15 is 0 Å². The van der Waals surface area contributed by atoms with Crippen molar-refractivity contribution in [2.75, 3.05) is 7.05 Å². The normalized spacial score (nSPS) is 27.3. The van der Waals surface area contributed by atoms with Gasteiger partial charge in [-0.05, 0) is 26.7 Å². The predicted octanol–water partition coefficient (Wildman–Crippen LogP) is 2.32. The third kappa shape index (κ3) is 3.34. The van der Waals surface area contributed by atoms with Crippen LogP contribution in [0.3, 0.4) is 0 Å². The average molecular weight is 281 g/mol. The van der Waals surface area contributed by atoms with E-state index in [1.807, 2.05) is 27.1 Å². The van der Waals surface area contributed by atoms with Crippen LogP contribution in [0.4, 0.5) is 0 Å². The highest BCUT2D eigenvalue weighted by Gasteiger charge is 2.39. The first-order chi connectivity index (χ1) is 8.90. The lowest BCUT2D eigenvalue weighted by atomic mass is 9.74. The molecule has 1 aliphatic carbocycles. The largest absolute Gasteiger partial charge is 0.340 e. The van der Waals surface area contributed by atoms with Crippen molar-refractivity contribution in [3.05, 3.63) is 16.1 Å². The number of aromatic nitrogens is 1. The monoisotopic (exact) mass is 281 g/mol. The highest BCUT2D eigenvalue weighted by molar-refractivity contribution is 7.11. The Hall–Kier alpha value is -0.940. The first kappa shape index (κ1) is 14.5. The van der Waals surface area contributed by atoms with Gasteiger partial charge in [0.15, 0.2) is 0 Å². The molecular formula is C14H23N3OS. The molecule has 1 aromatic heterocycles. The van der Waals surface area contributed by atoms with Crippen LogP contribution in [0.15, 0.2) is 6.20 Å². The van der Waals surface area contributed by atoms with Crippen molar-refractivity contribution in [1.29, 1.82) is 0 Å². The van der Waals surface area contributed by atoms with Crippen molar-refractivity contribution in [2.24, 2.45) is 11.7 Å². The summed E-state index contributed by atoms with van der Waals surface area (Å²) in [5.74, 6) is 0.135. The summed E-state index contributed by atoms with van der Waals surface area (Å²) in [7, 11) is 1.86. The zero-order valence-electron chi connectivity index (χ0n) is 12.0. The maximum atomic E-state index is 12.6. The Morgan fingerprint density at radius 1 is 1.63 bits per heavy atom. The molecule has 1 amide bonds. The van der Waals surface area contributed by atoms with E-state index in [9.17, 15) is 4.79 Å². The van der Waals surface area contributed by atoms with Gasteiger partial charge in [-0.3, -0.25) is 4.79 Å². The fourth-order valence-electron chi connectivity index (χ4n) is 2.82. The van der Waals surface area contributed by atoms with E-state index in [1.165, 1.54) is 0 Å². The van der Waals surface area contributed by atoms with Crippen molar-refractivity contribution in [3.8, 4) is 0 Å². The number of rotatable bonds is 3. The SMILES string of the molecule is Cc1ncc(CN(C)C(=O)C2CCCCC2(C)N)s1.